The van der Waals surface area contributed by atoms with Crippen molar-refractivity contribution in [2.24, 2.45) is 0 Å². The molecular weight excluding hydrogens is 485 g/mol. The largest absolute Gasteiger partial charge is 0.489 e. The molecule has 4 aromatic carbocycles. The Bertz CT molecular complexity index is 1290. The van der Waals surface area contributed by atoms with Gasteiger partial charge >= 0.3 is 0 Å². The van der Waals surface area contributed by atoms with E-state index in [1.165, 1.54) is 61.8 Å². The van der Waals surface area contributed by atoms with E-state index in [0.29, 0.717) is 24.5 Å². The lowest BCUT2D eigenvalue weighted by molar-refractivity contribution is 0.305. The minimum absolute atomic E-state index is 0.252. The number of aryl methyl sites for hydroxylation is 2. The van der Waals surface area contributed by atoms with Gasteiger partial charge in [-0.3, -0.25) is 0 Å². The summed E-state index contributed by atoms with van der Waals surface area (Å²) in [4.78, 5) is 0. The molecule has 0 bridgehead atoms. The Morgan fingerprint density at radius 1 is 0.487 bits per heavy atom. The van der Waals surface area contributed by atoms with E-state index in [2.05, 4.69) is 54.6 Å². The van der Waals surface area contributed by atoms with Gasteiger partial charge in [0.05, 0.1) is 11.6 Å². The second kappa shape index (κ2) is 15.3. The minimum atomic E-state index is -0.252. The highest BCUT2D eigenvalue weighted by Crippen LogP contribution is 2.17. The molecule has 0 spiro atoms. The van der Waals surface area contributed by atoms with E-state index >= 15 is 0 Å². The van der Waals surface area contributed by atoms with Gasteiger partial charge in [0.25, 0.3) is 0 Å². The highest BCUT2D eigenvalue weighted by Gasteiger charge is 2.01. The highest BCUT2D eigenvalue weighted by atomic mass is 19.1. The average Bonchev–Trinajstić information content (AvgIpc) is 2.98. The van der Waals surface area contributed by atoms with E-state index in [-0.39, 0.29) is 5.82 Å². The summed E-state index contributed by atoms with van der Waals surface area (Å²) in [5.41, 5.74) is 5.65. The molecule has 0 aliphatic rings. The quantitative estimate of drug-likeness (QED) is 0.147. The zero-order valence-corrected chi connectivity index (χ0v) is 22.5. The first kappa shape index (κ1) is 27.9. The predicted molar refractivity (Wildman–Crippen MR) is 154 cm³/mol. The van der Waals surface area contributed by atoms with Crippen LogP contribution in [0.2, 0.25) is 0 Å². The fourth-order valence-corrected chi connectivity index (χ4v) is 4.46. The van der Waals surface area contributed by atoms with Crippen LogP contribution in [0.3, 0.4) is 0 Å². The third kappa shape index (κ3) is 9.94. The Kier molecular flexibility index (Phi) is 11.0. The molecule has 0 radical (unpaired) electrons. The molecule has 39 heavy (non-hydrogen) atoms. The third-order valence-electron chi connectivity index (χ3n) is 6.83. The first-order chi connectivity index (χ1) is 19.2. The van der Waals surface area contributed by atoms with E-state index in [4.69, 9.17) is 14.7 Å². The molecule has 4 heteroatoms. The van der Waals surface area contributed by atoms with E-state index in [1.807, 2.05) is 12.1 Å². The van der Waals surface area contributed by atoms with Gasteiger partial charge in [-0.1, -0.05) is 74.2 Å². The number of benzene rings is 4. The second-order valence-electron chi connectivity index (χ2n) is 9.92. The fourth-order valence-electron chi connectivity index (χ4n) is 4.46. The molecule has 0 N–H and O–H groups in total. The van der Waals surface area contributed by atoms with Crippen LogP contribution >= 0.6 is 0 Å². The maximum absolute atomic E-state index is 13.0. The summed E-state index contributed by atoms with van der Waals surface area (Å²) in [6.07, 6.45) is 9.79. The summed E-state index contributed by atoms with van der Waals surface area (Å²) in [5.74, 6) is 1.21. The highest BCUT2D eigenvalue weighted by molar-refractivity contribution is 5.34. The molecule has 0 aromatic heterocycles. The van der Waals surface area contributed by atoms with Crippen LogP contribution in [0.5, 0.6) is 11.5 Å². The van der Waals surface area contributed by atoms with Gasteiger partial charge in [-0.2, -0.15) is 5.26 Å². The first-order valence-corrected chi connectivity index (χ1v) is 13.8. The number of unbranched alkanes of at least 4 members (excludes halogenated alkanes) is 5. The number of hydrogen-bond acceptors (Lipinski definition) is 3. The van der Waals surface area contributed by atoms with Crippen LogP contribution in [0.1, 0.15) is 66.3 Å². The fraction of sp³-hybridized carbons (Fsp3) is 0.286. The molecule has 0 aliphatic heterocycles. The Labute approximate surface area is 231 Å². The van der Waals surface area contributed by atoms with Crippen molar-refractivity contribution in [3.8, 4) is 17.6 Å². The van der Waals surface area contributed by atoms with Crippen molar-refractivity contribution < 1.29 is 13.9 Å². The molecule has 0 saturated carbocycles. The molecule has 0 aliphatic carbocycles. The summed E-state index contributed by atoms with van der Waals surface area (Å²) in [7, 11) is 0. The maximum atomic E-state index is 13.0. The summed E-state index contributed by atoms with van der Waals surface area (Å²) < 4.78 is 24.5. The van der Waals surface area contributed by atoms with Gasteiger partial charge in [0.2, 0.25) is 0 Å². The normalized spacial score (nSPS) is 10.7. The van der Waals surface area contributed by atoms with Crippen molar-refractivity contribution in [3.05, 3.63) is 131 Å². The molecule has 0 atom stereocenters. The van der Waals surface area contributed by atoms with E-state index < -0.39 is 0 Å². The molecule has 3 nitrogen and oxygen atoms in total. The number of hydrogen-bond donors (Lipinski definition) is 0. The molecule has 0 fully saturated rings. The Balaban J connectivity index is 1.02. The topological polar surface area (TPSA) is 42.2 Å². The van der Waals surface area contributed by atoms with Crippen molar-refractivity contribution in [1.82, 2.24) is 0 Å². The lowest BCUT2D eigenvalue weighted by Crippen LogP contribution is -1.96. The number of rotatable bonds is 15. The zero-order valence-electron chi connectivity index (χ0n) is 22.5. The van der Waals surface area contributed by atoms with Crippen LogP contribution in [0.4, 0.5) is 4.39 Å². The van der Waals surface area contributed by atoms with Gasteiger partial charge in [0, 0.05) is 0 Å². The molecule has 0 unspecified atom stereocenters. The number of ether oxygens (including phenoxy) is 2. The number of nitrogens with zero attached hydrogens (tertiary/aromatic N) is 1. The Morgan fingerprint density at radius 3 is 1.31 bits per heavy atom. The summed E-state index contributed by atoms with van der Waals surface area (Å²) >= 11 is 0. The maximum Gasteiger partial charge on any atom is 0.123 e. The van der Waals surface area contributed by atoms with Crippen LogP contribution in [0, 0.1) is 17.1 Å². The lowest BCUT2D eigenvalue weighted by Gasteiger charge is -2.08. The van der Waals surface area contributed by atoms with Gasteiger partial charge in [-0.25, -0.2) is 4.39 Å². The Hall–Kier alpha value is -4.10. The predicted octanol–water partition coefficient (Wildman–Crippen LogP) is 8.98. The van der Waals surface area contributed by atoms with Gasteiger partial charge < -0.3 is 9.47 Å². The van der Waals surface area contributed by atoms with Crippen LogP contribution < -0.4 is 9.47 Å². The van der Waals surface area contributed by atoms with E-state index in [9.17, 15) is 4.39 Å². The van der Waals surface area contributed by atoms with Gasteiger partial charge in [0.1, 0.15) is 30.5 Å². The summed E-state index contributed by atoms with van der Waals surface area (Å²) in [5, 5.41) is 8.88. The van der Waals surface area contributed by atoms with Gasteiger partial charge in [-0.15, -0.1) is 0 Å². The number of nitriles is 1. The smallest absolute Gasteiger partial charge is 0.123 e. The van der Waals surface area contributed by atoms with Crippen molar-refractivity contribution in [2.45, 2.75) is 64.6 Å². The average molecular weight is 522 g/mol. The lowest BCUT2D eigenvalue weighted by atomic mass is 10.0. The van der Waals surface area contributed by atoms with Crippen LogP contribution in [-0.2, 0) is 26.1 Å². The molecule has 4 rings (SSSR count). The van der Waals surface area contributed by atoms with Crippen molar-refractivity contribution >= 4 is 0 Å². The Morgan fingerprint density at radius 2 is 0.872 bits per heavy atom. The number of halogens is 1. The molecule has 0 heterocycles. The van der Waals surface area contributed by atoms with E-state index in [1.54, 1.807) is 24.3 Å². The monoisotopic (exact) mass is 521 g/mol. The third-order valence-corrected chi connectivity index (χ3v) is 6.83. The zero-order chi connectivity index (χ0) is 27.1. The summed E-state index contributed by atoms with van der Waals surface area (Å²) in [6.45, 7) is 1.02. The van der Waals surface area contributed by atoms with Gasteiger partial charge in [0.15, 0.2) is 0 Å². The first-order valence-electron chi connectivity index (χ1n) is 13.8. The molecule has 200 valence electrons. The van der Waals surface area contributed by atoms with Crippen molar-refractivity contribution in [2.75, 3.05) is 0 Å². The molecular formula is C35H36FNO2. The van der Waals surface area contributed by atoms with Crippen LogP contribution in [0.15, 0.2) is 97.1 Å². The second-order valence-corrected chi connectivity index (χ2v) is 9.92. The standard InChI is InChI=1S/C35H36FNO2/c36-33-19-23-35(24-20-33)39-27-32-15-11-29(12-16-32)8-6-4-2-1-3-5-7-28-9-13-31(14-10-28)26-38-34-21-17-30(25-37)18-22-34/h9-24H,1-8,26-27H2. The molecule has 0 amide bonds. The van der Waals surface area contributed by atoms with Gasteiger partial charge in [-0.05, 0) is 96.5 Å². The van der Waals surface area contributed by atoms with Crippen LogP contribution in [-0.4, -0.2) is 0 Å². The SMILES string of the molecule is N#Cc1ccc(OCc2ccc(CCCCCCCCc3ccc(COc4ccc(F)cc4)cc3)cc2)cc1. The summed E-state index contributed by atoms with van der Waals surface area (Å²) in [6, 6.07) is 32.8. The van der Waals surface area contributed by atoms with Crippen molar-refractivity contribution in [3.63, 3.8) is 0 Å². The minimum Gasteiger partial charge on any atom is -0.489 e. The molecule has 4 aromatic rings. The van der Waals surface area contributed by atoms with E-state index in [0.717, 1.165) is 29.7 Å². The van der Waals surface area contributed by atoms with Crippen molar-refractivity contribution in [1.29, 1.82) is 5.26 Å². The van der Waals surface area contributed by atoms with Crippen LogP contribution in [0.25, 0.3) is 0 Å². The molecule has 0 saturated heterocycles.